The van der Waals surface area contributed by atoms with Gasteiger partial charge in [-0.15, -0.1) is 11.3 Å². The van der Waals surface area contributed by atoms with E-state index in [2.05, 4.69) is 25.9 Å². The van der Waals surface area contributed by atoms with Crippen LogP contribution in [0.3, 0.4) is 0 Å². The summed E-state index contributed by atoms with van der Waals surface area (Å²) in [7, 11) is 1.81. The van der Waals surface area contributed by atoms with Gasteiger partial charge in [-0.1, -0.05) is 11.6 Å². The molecule has 2 aromatic heterocycles. The predicted molar refractivity (Wildman–Crippen MR) is 94.3 cm³/mol. The summed E-state index contributed by atoms with van der Waals surface area (Å²) in [5, 5.41) is 4.61. The number of halogens is 1. The average molecular weight is 352 g/mol. The highest BCUT2D eigenvalue weighted by Crippen LogP contribution is 2.41. The van der Waals surface area contributed by atoms with Crippen molar-refractivity contribution in [2.24, 2.45) is 0 Å². The Kier molecular flexibility index (Phi) is 4.27. The highest BCUT2D eigenvalue weighted by atomic mass is 35.5. The van der Waals surface area contributed by atoms with Gasteiger partial charge in [0.05, 0.1) is 16.4 Å². The first-order valence-electron chi connectivity index (χ1n) is 7.86. The maximum atomic E-state index is 12.7. The van der Waals surface area contributed by atoms with Crippen LogP contribution in [0.2, 0.25) is 4.34 Å². The summed E-state index contributed by atoms with van der Waals surface area (Å²) in [5.41, 5.74) is 1.61. The molecule has 0 bridgehead atoms. The molecule has 6 heteroatoms. The van der Waals surface area contributed by atoms with Crippen molar-refractivity contribution in [2.75, 3.05) is 7.05 Å². The Morgan fingerprint density at radius 2 is 2.13 bits per heavy atom. The Bertz CT molecular complexity index is 725. The van der Waals surface area contributed by atoms with Gasteiger partial charge in [0.1, 0.15) is 0 Å². The second kappa shape index (κ2) is 5.95. The number of carbonyl (C=O) groups excluding carboxylic acids is 1. The average Bonchev–Trinajstić information content (AvgIpc) is 3.07. The Balaban J connectivity index is 1.81. The van der Waals surface area contributed by atoms with Gasteiger partial charge in [-0.05, 0) is 51.8 Å². The Labute approximate surface area is 146 Å². The highest BCUT2D eigenvalue weighted by Gasteiger charge is 2.33. The molecule has 1 fully saturated rings. The van der Waals surface area contributed by atoms with E-state index in [1.54, 1.807) is 4.90 Å². The van der Waals surface area contributed by atoms with E-state index < -0.39 is 0 Å². The van der Waals surface area contributed by atoms with Crippen LogP contribution in [0, 0.1) is 0 Å². The second-order valence-corrected chi connectivity index (χ2v) is 8.98. The summed E-state index contributed by atoms with van der Waals surface area (Å²) in [6.07, 6.45) is 2.39. The van der Waals surface area contributed by atoms with Gasteiger partial charge in [0.25, 0.3) is 5.91 Å². The summed E-state index contributed by atoms with van der Waals surface area (Å²) in [4.78, 5) is 15.5. The van der Waals surface area contributed by atoms with Gasteiger partial charge >= 0.3 is 0 Å². The number of aromatic nitrogens is 2. The predicted octanol–water partition coefficient (Wildman–Crippen LogP) is 4.50. The number of carbonyl (C=O) groups is 1. The number of thiophene rings is 1. The van der Waals surface area contributed by atoms with Gasteiger partial charge in [0.2, 0.25) is 0 Å². The minimum atomic E-state index is -0.115. The van der Waals surface area contributed by atoms with Crippen molar-refractivity contribution >= 4 is 28.8 Å². The first kappa shape index (κ1) is 16.5. The van der Waals surface area contributed by atoms with E-state index in [9.17, 15) is 4.79 Å². The minimum absolute atomic E-state index is 0.0422. The SMILES string of the molecule is CN(Cc1ccc(Cl)s1)C(=O)c1cc(C2CC2)n(C(C)(C)C)n1. The fraction of sp³-hybridized carbons (Fsp3) is 0.529. The topological polar surface area (TPSA) is 38.1 Å². The monoisotopic (exact) mass is 351 g/mol. The Morgan fingerprint density at radius 1 is 1.43 bits per heavy atom. The molecule has 0 spiro atoms. The van der Waals surface area contributed by atoms with Crippen molar-refractivity contribution in [3.63, 3.8) is 0 Å². The highest BCUT2D eigenvalue weighted by molar-refractivity contribution is 7.16. The third-order valence-electron chi connectivity index (χ3n) is 3.96. The van der Waals surface area contributed by atoms with Crippen LogP contribution in [0.1, 0.15) is 60.6 Å². The van der Waals surface area contributed by atoms with Gasteiger partial charge in [-0.3, -0.25) is 9.48 Å². The molecule has 2 heterocycles. The molecule has 1 aliphatic carbocycles. The zero-order valence-corrected chi connectivity index (χ0v) is 15.5. The van der Waals surface area contributed by atoms with E-state index >= 15 is 0 Å². The van der Waals surface area contributed by atoms with Crippen molar-refractivity contribution in [1.29, 1.82) is 0 Å². The van der Waals surface area contributed by atoms with Crippen LogP contribution in [0.5, 0.6) is 0 Å². The standard InChI is InChI=1S/C17H22ClN3OS/c1-17(2,3)21-14(11-5-6-11)9-13(19-21)16(22)20(4)10-12-7-8-15(18)23-12/h7-9,11H,5-6,10H2,1-4H3. The first-order chi connectivity index (χ1) is 10.8. The lowest BCUT2D eigenvalue weighted by atomic mass is 10.1. The molecule has 0 radical (unpaired) electrons. The van der Waals surface area contributed by atoms with Crippen LogP contribution in [0.15, 0.2) is 18.2 Å². The second-order valence-electron chi connectivity index (χ2n) is 7.18. The molecule has 4 nitrogen and oxygen atoms in total. The van der Waals surface area contributed by atoms with Crippen molar-refractivity contribution in [3.8, 4) is 0 Å². The van der Waals surface area contributed by atoms with E-state index in [4.69, 9.17) is 11.6 Å². The van der Waals surface area contributed by atoms with Crippen LogP contribution in [0.25, 0.3) is 0 Å². The quantitative estimate of drug-likeness (QED) is 0.813. The van der Waals surface area contributed by atoms with Crippen molar-refractivity contribution in [3.05, 3.63) is 38.8 Å². The zero-order chi connectivity index (χ0) is 16.8. The molecule has 0 aliphatic heterocycles. The Morgan fingerprint density at radius 3 is 2.65 bits per heavy atom. The maximum Gasteiger partial charge on any atom is 0.274 e. The van der Waals surface area contributed by atoms with E-state index in [1.165, 1.54) is 29.9 Å². The lowest BCUT2D eigenvalue weighted by Gasteiger charge is -2.22. The number of hydrogen-bond donors (Lipinski definition) is 0. The molecule has 1 saturated carbocycles. The summed E-state index contributed by atoms with van der Waals surface area (Å²) < 4.78 is 2.77. The van der Waals surface area contributed by atoms with Crippen LogP contribution in [0.4, 0.5) is 0 Å². The molecular weight excluding hydrogens is 330 g/mol. The fourth-order valence-corrected chi connectivity index (χ4v) is 3.79. The number of hydrogen-bond acceptors (Lipinski definition) is 3. The molecule has 3 rings (SSSR count). The molecule has 0 N–H and O–H groups in total. The normalized spacial score (nSPS) is 15.0. The van der Waals surface area contributed by atoms with Gasteiger partial charge < -0.3 is 4.90 Å². The summed E-state index contributed by atoms with van der Waals surface area (Å²) in [6.45, 7) is 6.92. The summed E-state index contributed by atoms with van der Waals surface area (Å²) >= 11 is 7.46. The maximum absolute atomic E-state index is 12.7. The summed E-state index contributed by atoms with van der Waals surface area (Å²) in [6, 6.07) is 5.79. The third-order valence-corrected chi connectivity index (χ3v) is 5.17. The first-order valence-corrected chi connectivity index (χ1v) is 9.05. The molecular formula is C17H22ClN3OS. The lowest BCUT2D eigenvalue weighted by molar-refractivity contribution is 0.0779. The van der Waals surface area contributed by atoms with E-state index in [-0.39, 0.29) is 11.4 Å². The largest absolute Gasteiger partial charge is 0.335 e. The fourth-order valence-electron chi connectivity index (χ4n) is 2.65. The van der Waals surface area contributed by atoms with Crippen molar-refractivity contribution in [2.45, 2.75) is 51.6 Å². The Hall–Kier alpha value is -1.33. The van der Waals surface area contributed by atoms with Gasteiger partial charge in [-0.2, -0.15) is 5.10 Å². The number of nitrogens with zero attached hydrogens (tertiary/aromatic N) is 3. The zero-order valence-electron chi connectivity index (χ0n) is 14.0. The number of rotatable bonds is 4. The molecule has 124 valence electrons. The van der Waals surface area contributed by atoms with Crippen LogP contribution < -0.4 is 0 Å². The smallest absolute Gasteiger partial charge is 0.274 e. The molecule has 0 aromatic carbocycles. The molecule has 0 atom stereocenters. The molecule has 0 saturated heterocycles. The lowest BCUT2D eigenvalue weighted by Crippen LogP contribution is -2.28. The van der Waals surface area contributed by atoms with E-state index in [0.717, 1.165) is 9.21 Å². The molecule has 1 amide bonds. The van der Waals surface area contributed by atoms with E-state index in [0.29, 0.717) is 18.2 Å². The van der Waals surface area contributed by atoms with Gasteiger partial charge in [-0.25, -0.2) is 0 Å². The molecule has 0 unspecified atom stereocenters. The molecule has 23 heavy (non-hydrogen) atoms. The molecule has 1 aliphatic rings. The van der Waals surface area contributed by atoms with Gasteiger partial charge in [0.15, 0.2) is 5.69 Å². The summed E-state index contributed by atoms with van der Waals surface area (Å²) in [5.74, 6) is 0.518. The van der Waals surface area contributed by atoms with Crippen LogP contribution in [-0.2, 0) is 12.1 Å². The van der Waals surface area contributed by atoms with Crippen LogP contribution >= 0.6 is 22.9 Å². The van der Waals surface area contributed by atoms with Crippen molar-refractivity contribution < 1.29 is 4.79 Å². The third kappa shape index (κ3) is 3.61. The minimum Gasteiger partial charge on any atom is -0.335 e. The van der Waals surface area contributed by atoms with Crippen molar-refractivity contribution in [1.82, 2.24) is 14.7 Å². The van der Waals surface area contributed by atoms with Gasteiger partial charge in [0, 0.05) is 23.5 Å². The molecule has 2 aromatic rings. The van der Waals surface area contributed by atoms with Crippen LogP contribution in [-0.4, -0.2) is 27.6 Å². The van der Waals surface area contributed by atoms with E-state index in [1.807, 2.05) is 29.9 Å². The number of amides is 1.